The van der Waals surface area contributed by atoms with Crippen LogP contribution in [0.5, 0.6) is 5.75 Å². The summed E-state index contributed by atoms with van der Waals surface area (Å²) in [7, 11) is 0. The second-order valence-corrected chi connectivity index (χ2v) is 5.42. The number of nitrogens with zero attached hydrogens (tertiary/aromatic N) is 1. The highest BCUT2D eigenvalue weighted by atomic mass is 16.5. The minimum absolute atomic E-state index is 0.211. The molecule has 0 spiro atoms. The molecule has 0 saturated carbocycles. The van der Waals surface area contributed by atoms with Gasteiger partial charge in [0, 0.05) is 29.1 Å². The van der Waals surface area contributed by atoms with Gasteiger partial charge in [0.05, 0.1) is 0 Å². The highest BCUT2D eigenvalue weighted by Gasteiger charge is 2.04. The normalized spacial score (nSPS) is 10.8. The van der Waals surface area contributed by atoms with E-state index in [0.717, 1.165) is 22.3 Å². The lowest BCUT2D eigenvalue weighted by atomic mass is 10.0. The monoisotopic (exact) mass is 332 g/mol. The number of hydroxylamine groups is 1. The number of pyridine rings is 1. The van der Waals surface area contributed by atoms with Gasteiger partial charge < -0.3 is 5.11 Å². The Balaban J connectivity index is 1.81. The third-order valence-electron chi connectivity index (χ3n) is 3.72. The molecule has 2 aromatic carbocycles. The standard InChI is InChI=1S/C20H16N2O3/c23-19-4-2-1-3-18(19)17-11-15(12-21-13-17)6-5-14-7-9-16(10-8-14)20(24)22-25/h1-13,23,25H,(H,22,24)/b6-5+. The molecule has 1 aromatic heterocycles. The lowest BCUT2D eigenvalue weighted by molar-refractivity contribution is 0.0706. The molecule has 1 heterocycles. The zero-order valence-corrected chi connectivity index (χ0v) is 13.3. The first-order chi connectivity index (χ1) is 12.2. The van der Waals surface area contributed by atoms with Crippen LogP contribution in [0.15, 0.2) is 67.0 Å². The van der Waals surface area contributed by atoms with Crippen molar-refractivity contribution in [1.82, 2.24) is 10.5 Å². The summed E-state index contributed by atoms with van der Waals surface area (Å²) >= 11 is 0. The van der Waals surface area contributed by atoms with Gasteiger partial charge in [-0.15, -0.1) is 0 Å². The van der Waals surface area contributed by atoms with Crippen LogP contribution < -0.4 is 5.48 Å². The van der Waals surface area contributed by atoms with Crippen molar-refractivity contribution >= 4 is 18.1 Å². The number of aromatic nitrogens is 1. The predicted octanol–water partition coefficient (Wildman–Crippen LogP) is 3.74. The summed E-state index contributed by atoms with van der Waals surface area (Å²) < 4.78 is 0. The van der Waals surface area contributed by atoms with Crippen LogP contribution in [0.2, 0.25) is 0 Å². The summed E-state index contributed by atoms with van der Waals surface area (Å²) in [5.41, 5.74) is 5.32. The van der Waals surface area contributed by atoms with E-state index in [1.54, 1.807) is 54.3 Å². The Kier molecular flexibility index (Phi) is 4.87. The van der Waals surface area contributed by atoms with Gasteiger partial charge in [-0.25, -0.2) is 5.48 Å². The number of phenolic OH excluding ortho intramolecular Hbond substituents is 1. The van der Waals surface area contributed by atoms with Crippen molar-refractivity contribution in [1.29, 1.82) is 0 Å². The molecule has 0 radical (unpaired) electrons. The number of carbonyl (C=O) groups excluding carboxylic acids is 1. The molecular formula is C20H16N2O3. The van der Waals surface area contributed by atoms with Crippen LogP contribution in [-0.2, 0) is 0 Å². The number of aromatic hydroxyl groups is 1. The Labute approximate surface area is 144 Å². The summed E-state index contributed by atoms with van der Waals surface area (Å²) in [5.74, 6) is -0.335. The molecule has 0 atom stereocenters. The van der Waals surface area contributed by atoms with Crippen molar-refractivity contribution < 1.29 is 15.1 Å². The van der Waals surface area contributed by atoms with Gasteiger partial charge in [0.15, 0.2) is 0 Å². The van der Waals surface area contributed by atoms with Crippen LogP contribution in [0.1, 0.15) is 21.5 Å². The van der Waals surface area contributed by atoms with Crippen molar-refractivity contribution in [3.8, 4) is 16.9 Å². The molecule has 3 aromatic rings. The number of hydrogen-bond acceptors (Lipinski definition) is 4. The van der Waals surface area contributed by atoms with Crippen LogP contribution in [0, 0.1) is 0 Å². The van der Waals surface area contributed by atoms with Crippen molar-refractivity contribution in [2.24, 2.45) is 0 Å². The van der Waals surface area contributed by atoms with Crippen LogP contribution in [0.3, 0.4) is 0 Å². The average Bonchev–Trinajstić information content (AvgIpc) is 2.67. The van der Waals surface area contributed by atoms with Crippen LogP contribution in [0.25, 0.3) is 23.3 Å². The number of para-hydroxylation sites is 1. The maximum Gasteiger partial charge on any atom is 0.274 e. The van der Waals surface area contributed by atoms with Gasteiger partial charge in [0.1, 0.15) is 5.75 Å². The number of amides is 1. The molecule has 0 aliphatic carbocycles. The van der Waals surface area contributed by atoms with E-state index < -0.39 is 5.91 Å². The highest BCUT2D eigenvalue weighted by Crippen LogP contribution is 2.28. The highest BCUT2D eigenvalue weighted by molar-refractivity contribution is 5.93. The molecule has 0 unspecified atom stereocenters. The van der Waals surface area contributed by atoms with Gasteiger partial charge in [-0.05, 0) is 35.4 Å². The molecule has 0 aliphatic heterocycles. The van der Waals surface area contributed by atoms with Crippen LogP contribution >= 0.6 is 0 Å². The quantitative estimate of drug-likeness (QED) is 0.502. The summed E-state index contributed by atoms with van der Waals surface area (Å²) in [4.78, 5) is 15.5. The third kappa shape index (κ3) is 3.91. The van der Waals surface area contributed by atoms with Gasteiger partial charge >= 0.3 is 0 Å². The summed E-state index contributed by atoms with van der Waals surface area (Å²) in [6.07, 6.45) is 7.23. The molecule has 5 nitrogen and oxygen atoms in total. The Bertz CT molecular complexity index is 918. The van der Waals surface area contributed by atoms with Gasteiger partial charge in [0.2, 0.25) is 0 Å². The largest absolute Gasteiger partial charge is 0.507 e. The van der Waals surface area contributed by atoms with Crippen molar-refractivity contribution in [3.63, 3.8) is 0 Å². The van der Waals surface area contributed by atoms with E-state index in [1.807, 2.05) is 30.4 Å². The number of benzene rings is 2. The average molecular weight is 332 g/mol. The van der Waals surface area contributed by atoms with E-state index in [-0.39, 0.29) is 5.75 Å². The number of nitrogens with one attached hydrogen (secondary N) is 1. The number of hydrogen-bond donors (Lipinski definition) is 3. The van der Waals surface area contributed by atoms with Gasteiger partial charge in [-0.1, -0.05) is 42.5 Å². The summed E-state index contributed by atoms with van der Waals surface area (Å²) in [6, 6.07) is 15.9. The molecule has 0 aliphatic rings. The third-order valence-corrected chi connectivity index (χ3v) is 3.72. The lowest BCUT2D eigenvalue weighted by Gasteiger charge is -2.05. The Hall–Kier alpha value is -3.44. The maximum atomic E-state index is 11.3. The lowest BCUT2D eigenvalue weighted by Crippen LogP contribution is -2.18. The molecule has 0 bridgehead atoms. The van der Waals surface area contributed by atoms with Crippen molar-refractivity contribution in [3.05, 3.63) is 83.7 Å². The van der Waals surface area contributed by atoms with Crippen molar-refractivity contribution in [2.45, 2.75) is 0 Å². The minimum atomic E-state index is -0.546. The van der Waals surface area contributed by atoms with E-state index in [0.29, 0.717) is 5.56 Å². The number of carbonyl (C=O) groups is 1. The Morgan fingerprint density at radius 2 is 1.68 bits per heavy atom. The topological polar surface area (TPSA) is 82.5 Å². The molecule has 3 rings (SSSR count). The van der Waals surface area contributed by atoms with E-state index in [2.05, 4.69) is 4.98 Å². The molecule has 3 N–H and O–H groups in total. The van der Waals surface area contributed by atoms with E-state index >= 15 is 0 Å². The zero-order chi connectivity index (χ0) is 17.6. The molecular weight excluding hydrogens is 316 g/mol. The molecule has 5 heteroatoms. The summed E-state index contributed by atoms with van der Waals surface area (Å²) in [6.45, 7) is 0. The fourth-order valence-electron chi connectivity index (χ4n) is 2.42. The van der Waals surface area contributed by atoms with Crippen LogP contribution in [0.4, 0.5) is 0 Å². The number of rotatable bonds is 4. The van der Waals surface area contributed by atoms with Crippen molar-refractivity contribution in [2.75, 3.05) is 0 Å². The first-order valence-electron chi connectivity index (χ1n) is 7.63. The summed E-state index contributed by atoms with van der Waals surface area (Å²) in [5, 5.41) is 18.6. The van der Waals surface area contributed by atoms with Gasteiger partial charge in [-0.3, -0.25) is 15.0 Å². The predicted molar refractivity (Wildman–Crippen MR) is 96.0 cm³/mol. The smallest absolute Gasteiger partial charge is 0.274 e. The Morgan fingerprint density at radius 3 is 2.40 bits per heavy atom. The molecule has 1 amide bonds. The van der Waals surface area contributed by atoms with Gasteiger partial charge in [0.25, 0.3) is 5.91 Å². The SMILES string of the molecule is O=C(NO)c1ccc(/C=C/c2cncc(-c3ccccc3O)c2)cc1. The molecule has 0 saturated heterocycles. The first kappa shape index (κ1) is 16.4. The maximum absolute atomic E-state index is 11.3. The second-order valence-electron chi connectivity index (χ2n) is 5.42. The zero-order valence-electron chi connectivity index (χ0n) is 13.3. The Morgan fingerprint density at radius 1 is 0.960 bits per heavy atom. The minimum Gasteiger partial charge on any atom is -0.507 e. The fraction of sp³-hybridized carbons (Fsp3) is 0. The van der Waals surface area contributed by atoms with E-state index in [9.17, 15) is 9.90 Å². The molecule has 124 valence electrons. The molecule has 25 heavy (non-hydrogen) atoms. The van der Waals surface area contributed by atoms with E-state index in [1.165, 1.54) is 0 Å². The number of phenols is 1. The second kappa shape index (κ2) is 7.42. The van der Waals surface area contributed by atoms with E-state index in [4.69, 9.17) is 5.21 Å². The molecule has 0 fully saturated rings. The van der Waals surface area contributed by atoms with Gasteiger partial charge in [-0.2, -0.15) is 0 Å². The fourth-order valence-corrected chi connectivity index (χ4v) is 2.42. The first-order valence-corrected chi connectivity index (χ1v) is 7.63. The van der Waals surface area contributed by atoms with Crippen LogP contribution in [-0.4, -0.2) is 21.2 Å².